The average Bonchev–Trinajstić information content (AvgIpc) is 3.08. The fourth-order valence-corrected chi connectivity index (χ4v) is 6.04. The summed E-state index contributed by atoms with van der Waals surface area (Å²) in [5.41, 5.74) is 10.4. The van der Waals surface area contributed by atoms with Crippen molar-refractivity contribution in [3.8, 4) is 11.1 Å². The van der Waals surface area contributed by atoms with Crippen molar-refractivity contribution in [2.45, 2.75) is 27.7 Å². The van der Waals surface area contributed by atoms with Crippen molar-refractivity contribution < 1.29 is 9.59 Å². The molecule has 0 heterocycles. The first-order valence-corrected chi connectivity index (χ1v) is 16.0. The molecule has 0 N–H and O–H groups in total. The standard InChI is InChI=1S/C43H42N2O2/c1-7-45(38-19-12-9-13-20-38)29-40(43(47)41-31(3)25-30(2)26-32(41)4)37-18-14-17-36(27-37)33-21-23-34(24-22-33)39(28-44(5)6)42(46)35-15-10-8-11-16-35/h8-29H,7H2,1-6H3/b39-28+,40-29+. The topological polar surface area (TPSA) is 40.6 Å². The number of benzene rings is 5. The number of carbonyl (C=O) groups is 2. The Morgan fingerprint density at radius 1 is 0.574 bits per heavy atom. The van der Waals surface area contributed by atoms with E-state index in [1.807, 2.05) is 130 Å². The number of hydrogen-bond acceptors (Lipinski definition) is 4. The molecule has 5 aromatic carbocycles. The van der Waals surface area contributed by atoms with Crippen LogP contribution in [0.25, 0.3) is 22.3 Å². The van der Waals surface area contributed by atoms with Crippen LogP contribution in [0.2, 0.25) is 0 Å². The molecule has 5 rings (SSSR count). The predicted molar refractivity (Wildman–Crippen MR) is 197 cm³/mol. The molecule has 4 nitrogen and oxygen atoms in total. The van der Waals surface area contributed by atoms with Crippen molar-refractivity contribution in [1.82, 2.24) is 4.90 Å². The van der Waals surface area contributed by atoms with Gasteiger partial charge >= 0.3 is 0 Å². The molecule has 0 aliphatic rings. The maximum atomic E-state index is 14.5. The highest BCUT2D eigenvalue weighted by Crippen LogP contribution is 2.31. The molecule has 0 spiro atoms. The number of allylic oxidation sites excluding steroid dienone is 2. The fourth-order valence-electron chi connectivity index (χ4n) is 6.04. The molecule has 236 valence electrons. The van der Waals surface area contributed by atoms with E-state index in [-0.39, 0.29) is 11.6 Å². The van der Waals surface area contributed by atoms with Gasteiger partial charge in [0.25, 0.3) is 0 Å². The summed E-state index contributed by atoms with van der Waals surface area (Å²) in [5.74, 6) is -0.0253. The average molecular weight is 619 g/mol. The second-order valence-corrected chi connectivity index (χ2v) is 12.1. The number of anilines is 1. The normalized spacial score (nSPS) is 11.7. The second kappa shape index (κ2) is 14.7. The first-order valence-electron chi connectivity index (χ1n) is 16.0. The van der Waals surface area contributed by atoms with Gasteiger partial charge in [0.2, 0.25) is 0 Å². The van der Waals surface area contributed by atoms with Gasteiger partial charge in [-0.25, -0.2) is 0 Å². The molecule has 0 atom stereocenters. The van der Waals surface area contributed by atoms with E-state index < -0.39 is 0 Å². The van der Waals surface area contributed by atoms with E-state index in [0.717, 1.165) is 50.2 Å². The van der Waals surface area contributed by atoms with E-state index >= 15 is 0 Å². The van der Waals surface area contributed by atoms with Crippen LogP contribution in [-0.4, -0.2) is 37.1 Å². The maximum Gasteiger partial charge on any atom is 0.195 e. The van der Waals surface area contributed by atoms with Crippen molar-refractivity contribution >= 4 is 28.4 Å². The van der Waals surface area contributed by atoms with Crippen molar-refractivity contribution in [3.05, 3.63) is 173 Å². The predicted octanol–water partition coefficient (Wildman–Crippen LogP) is 9.81. The summed E-state index contributed by atoms with van der Waals surface area (Å²) in [7, 11) is 3.84. The van der Waals surface area contributed by atoms with Crippen molar-refractivity contribution in [1.29, 1.82) is 0 Å². The van der Waals surface area contributed by atoms with Crippen LogP contribution < -0.4 is 4.90 Å². The minimum atomic E-state index is -0.0251. The Morgan fingerprint density at radius 2 is 1.15 bits per heavy atom. The number of Topliss-reactive ketones (excluding diaryl/α,β-unsaturated/α-hetero) is 2. The number of rotatable bonds is 11. The monoisotopic (exact) mass is 618 g/mol. The summed E-state index contributed by atoms with van der Waals surface area (Å²) in [4.78, 5) is 32.0. The lowest BCUT2D eigenvalue weighted by atomic mass is 9.89. The van der Waals surface area contributed by atoms with Crippen LogP contribution in [0.3, 0.4) is 0 Å². The summed E-state index contributed by atoms with van der Waals surface area (Å²) in [6, 6.07) is 39.9. The maximum absolute atomic E-state index is 14.5. The van der Waals surface area contributed by atoms with Gasteiger partial charge in [0.05, 0.1) is 0 Å². The van der Waals surface area contributed by atoms with Crippen LogP contribution in [0.15, 0.2) is 134 Å². The van der Waals surface area contributed by atoms with E-state index in [2.05, 4.69) is 55.1 Å². The molecule has 0 bridgehead atoms. The third-order valence-corrected chi connectivity index (χ3v) is 8.23. The molecule has 0 unspecified atom stereocenters. The third kappa shape index (κ3) is 7.67. The van der Waals surface area contributed by atoms with Gasteiger partial charge < -0.3 is 9.80 Å². The molecule has 0 amide bonds. The van der Waals surface area contributed by atoms with Crippen LogP contribution in [0.5, 0.6) is 0 Å². The van der Waals surface area contributed by atoms with Gasteiger partial charge in [-0.05, 0) is 79.3 Å². The van der Waals surface area contributed by atoms with Crippen LogP contribution >= 0.6 is 0 Å². The van der Waals surface area contributed by atoms with Gasteiger partial charge in [-0.2, -0.15) is 0 Å². The molecule has 47 heavy (non-hydrogen) atoms. The fraction of sp³-hybridized carbons (Fsp3) is 0.163. The minimum Gasteiger partial charge on any atom is -0.383 e. The molecular formula is C43H42N2O2. The van der Waals surface area contributed by atoms with Crippen LogP contribution in [0, 0.1) is 20.8 Å². The van der Waals surface area contributed by atoms with Crippen molar-refractivity contribution in [2.75, 3.05) is 25.5 Å². The van der Waals surface area contributed by atoms with Gasteiger partial charge in [0.1, 0.15) is 0 Å². The summed E-state index contributed by atoms with van der Waals surface area (Å²) < 4.78 is 0. The Balaban J connectivity index is 1.56. The summed E-state index contributed by atoms with van der Waals surface area (Å²) in [5, 5.41) is 0. The smallest absolute Gasteiger partial charge is 0.195 e. The highest BCUT2D eigenvalue weighted by atomic mass is 16.1. The molecule has 0 saturated carbocycles. The number of aryl methyl sites for hydroxylation is 3. The lowest BCUT2D eigenvalue weighted by Crippen LogP contribution is -2.18. The third-order valence-electron chi connectivity index (χ3n) is 8.23. The number of carbonyl (C=O) groups excluding carboxylic acids is 2. The van der Waals surface area contributed by atoms with Gasteiger partial charge in [-0.3, -0.25) is 9.59 Å². The molecule has 0 aromatic heterocycles. The molecule has 0 aliphatic heterocycles. The number of nitrogens with zero attached hydrogens (tertiary/aromatic N) is 2. The lowest BCUT2D eigenvalue weighted by molar-refractivity contribution is 0.104. The molecule has 0 saturated heterocycles. The molecule has 0 radical (unpaired) electrons. The molecular weight excluding hydrogens is 576 g/mol. The highest BCUT2D eigenvalue weighted by molar-refractivity contribution is 6.30. The number of para-hydroxylation sites is 1. The van der Waals surface area contributed by atoms with E-state index in [1.165, 1.54) is 0 Å². The lowest BCUT2D eigenvalue weighted by Gasteiger charge is -2.22. The van der Waals surface area contributed by atoms with Crippen molar-refractivity contribution in [2.24, 2.45) is 0 Å². The number of ketones is 2. The minimum absolute atomic E-state index is 0.000215. The molecule has 0 fully saturated rings. The zero-order valence-corrected chi connectivity index (χ0v) is 28.1. The largest absolute Gasteiger partial charge is 0.383 e. The van der Waals surface area contributed by atoms with E-state index in [9.17, 15) is 9.59 Å². The SMILES string of the molecule is CCN(/C=C(/C(=O)c1c(C)cc(C)cc1C)c1cccc(-c2ccc(/C(=C\N(C)C)C(=O)c3ccccc3)cc2)c1)c1ccccc1. The van der Waals surface area contributed by atoms with Crippen LogP contribution in [-0.2, 0) is 0 Å². The van der Waals surface area contributed by atoms with Crippen molar-refractivity contribution in [3.63, 3.8) is 0 Å². The second-order valence-electron chi connectivity index (χ2n) is 12.1. The van der Waals surface area contributed by atoms with E-state index in [4.69, 9.17) is 0 Å². The number of hydrogen-bond donors (Lipinski definition) is 0. The van der Waals surface area contributed by atoms with E-state index in [0.29, 0.717) is 23.3 Å². The van der Waals surface area contributed by atoms with Gasteiger partial charge in [0, 0.05) is 61.0 Å². The Bertz CT molecular complexity index is 1910. The van der Waals surface area contributed by atoms with Gasteiger partial charge in [-0.1, -0.05) is 109 Å². The zero-order valence-electron chi connectivity index (χ0n) is 28.1. The highest BCUT2D eigenvalue weighted by Gasteiger charge is 2.21. The summed E-state index contributed by atoms with van der Waals surface area (Å²) >= 11 is 0. The molecule has 5 aromatic rings. The van der Waals surface area contributed by atoms with E-state index in [1.54, 1.807) is 0 Å². The van der Waals surface area contributed by atoms with Crippen LogP contribution in [0.4, 0.5) is 5.69 Å². The Hall–Kier alpha value is -5.48. The van der Waals surface area contributed by atoms with Gasteiger partial charge in [-0.15, -0.1) is 0 Å². The van der Waals surface area contributed by atoms with Crippen LogP contribution in [0.1, 0.15) is 55.5 Å². The Morgan fingerprint density at radius 3 is 1.74 bits per heavy atom. The Labute approximate surface area is 279 Å². The van der Waals surface area contributed by atoms with Gasteiger partial charge in [0.15, 0.2) is 11.6 Å². The zero-order chi connectivity index (χ0) is 33.5. The first-order chi connectivity index (χ1) is 22.7. The Kier molecular flexibility index (Phi) is 10.3. The molecule has 0 aliphatic carbocycles. The quantitative estimate of drug-likeness (QED) is 0.109. The first kappa shape index (κ1) is 32.9. The summed E-state index contributed by atoms with van der Waals surface area (Å²) in [6.07, 6.45) is 3.86. The summed E-state index contributed by atoms with van der Waals surface area (Å²) in [6.45, 7) is 8.88. The molecule has 4 heteroatoms.